The largest absolute Gasteiger partial charge is 0.385 e. The fourth-order valence-corrected chi connectivity index (χ4v) is 3.03. The molecule has 26 heavy (non-hydrogen) atoms. The molecular formula is C18H32FIN4OS. The van der Waals surface area contributed by atoms with E-state index in [0.717, 1.165) is 62.2 Å². The van der Waals surface area contributed by atoms with Crippen molar-refractivity contribution in [1.82, 2.24) is 15.5 Å². The molecule has 0 amide bonds. The summed E-state index contributed by atoms with van der Waals surface area (Å²) >= 11 is 1.74. The van der Waals surface area contributed by atoms with Crippen LogP contribution in [0.25, 0.3) is 0 Å². The van der Waals surface area contributed by atoms with Gasteiger partial charge in [-0.2, -0.15) is 0 Å². The van der Waals surface area contributed by atoms with Crippen molar-refractivity contribution >= 4 is 41.7 Å². The van der Waals surface area contributed by atoms with E-state index >= 15 is 0 Å². The van der Waals surface area contributed by atoms with E-state index in [-0.39, 0.29) is 29.8 Å². The molecule has 0 aliphatic rings. The van der Waals surface area contributed by atoms with Gasteiger partial charge in [0.05, 0.1) is 0 Å². The summed E-state index contributed by atoms with van der Waals surface area (Å²) in [6.45, 7) is 4.51. The Balaban J connectivity index is 0.00000625. The lowest BCUT2D eigenvalue weighted by Gasteiger charge is -2.18. The lowest BCUT2D eigenvalue weighted by molar-refractivity contribution is 0.180. The van der Waals surface area contributed by atoms with Crippen LogP contribution in [-0.4, -0.2) is 70.6 Å². The van der Waals surface area contributed by atoms with Gasteiger partial charge in [0.2, 0.25) is 0 Å². The third kappa shape index (κ3) is 12.7. The van der Waals surface area contributed by atoms with Gasteiger partial charge in [-0.3, -0.25) is 4.99 Å². The molecule has 5 nitrogen and oxygen atoms in total. The Labute approximate surface area is 178 Å². The number of ether oxygens (including phenoxy) is 1. The molecule has 0 heterocycles. The lowest BCUT2D eigenvalue weighted by atomic mass is 10.4. The number of aliphatic imine (C=N–C) groups is 1. The monoisotopic (exact) mass is 498 g/mol. The normalized spacial score (nSPS) is 11.3. The molecule has 2 N–H and O–H groups in total. The van der Waals surface area contributed by atoms with Gasteiger partial charge in [-0.05, 0) is 49.9 Å². The average Bonchev–Trinajstić information content (AvgIpc) is 2.61. The predicted molar refractivity (Wildman–Crippen MR) is 121 cm³/mol. The molecule has 0 atom stereocenters. The number of guanidine groups is 1. The molecular weight excluding hydrogens is 466 g/mol. The maximum Gasteiger partial charge on any atom is 0.191 e. The van der Waals surface area contributed by atoms with Crippen molar-refractivity contribution < 1.29 is 9.13 Å². The van der Waals surface area contributed by atoms with Gasteiger partial charge in [-0.1, -0.05) is 0 Å². The zero-order valence-corrected chi connectivity index (χ0v) is 19.1. The second-order valence-electron chi connectivity index (χ2n) is 5.73. The van der Waals surface area contributed by atoms with Crippen LogP contribution in [0.4, 0.5) is 4.39 Å². The molecule has 0 aliphatic heterocycles. The third-order valence-electron chi connectivity index (χ3n) is 3.59. The fraction of sp³-hybridized carbons (Fsp3) is 0.611. The van der Waals surface area contributed by atoms with E-state index in [0.29, 0.717) is 0 Å². The van der Waals surface area contributed by atoms with Crippen molar-refractivity contribution in [1.29, 1.82) is 0 Å². The van der Waals surface area contributed by atoms with E-state index < -0.39 is 0 Å². The Morgan fingerprint density at radius 3 is 2.50 bits per heavy atom. The molecule has 1 rings (SSSR count). The van der Waals surface area contributed by atoms with Crippen LogP contribution in [0, 0.1) is 5.82 Å². The minimum Gasteiger partial charge on any atom is -0.385 e. The van der Waals surface area contributed by atoms with Crippen molar-refractivity contribution in [3.63, 3.8) is 0 Å². The SMILES string of the molecule is CN=C(NCCCSc1ccc(F)cc1)NCCN(C)CCCOC.I. The van der Waals surface area contributed by atoms with Crippen molar-refractivity contribution in [3.05, 3.63) is 30.1 Å². The average molecular weight is 498 g/mol. The van der Waals surface area contributed by atoms with Gasteiger partial charge in [-0.25, -0.2) is 4.39 Å². The second kappa shape index (κ2) is 16.6. The first-order valence-electron chi connectivity index (χ1n) is 8.66. The Hall–Kier alpha value is -0.580. The van der Waals surface area contributed by atoms with Crippen LogP contribution in [0.15, 0.2) is 34.2 Å². The second-order valence-corrected chi connectivity index (χ2v) is 6.90. The van der Waals surface area contributed by atoms with Crippen LogP contribution >= 0.6 is 35.7 Å². The Kier molecular flexibility index (Phi) is 16.2. The highest BCUT2D eigenvalue weighted by molar-refractivity contribution is 14.0. The summed E-state index contributed by atoms with van der Waals surface area (Å²) in [5.74, 6) is 1.63. The zero-order valence-electron chi connectivity index (χ0n) is 16.0. The number of halogens is 2. The molecule has 150 valence electrons. The van der Waals surface area contributed by atoms with Crippen LogP contribution in [0.1, 0.15) is 12.8 Å². The third-order valence-corrected chi connectivity index (χ3v) is 4.69. The smallest absolute Gasteiger partial charge is 0.191 e. The minimum atomic E-state index is -0.190. The molecule has 1 aromatic carbocycles. The van der Waals surface area contributed by atoms with Gasteiger partial charge in [0.25, 0.3) is 0 Å². The highest BCUT2D eigenvalue weighted by atomic mass is 127. The van der Waals surface area contributed by atoms with E-state index in [1.807, 2.05) is 12.1 Å². The maximum absolute atomic E-state index is 12.8. The minimum absolute atomic E-state index is 0. The first kappa shape index (κ1) is 25.4. The van der Waals surface area contributed by atoms with Crippen molar-refractivity contribution in [2.24, 2.45) is 4.99 Å². The summed E-state index contributed by atoms with van der Waals surface area (Å²) < 4.78 is 17.9. The number of likely N-dealkylation sites (N-methyl/N-ethyl adjacent to an activating group) is 1. The standard InChI is InChI=1S/C18H31FN4OS.HI/c1-20-18(22-11-13-23(2)12-5-14-24-3)21-10-4-15-25-17-8-6-16(19)7-9-17;/h6-9H,4-5,10-15H2,1-3H3,(H2,20,21,22);1H. The molecule has 0 unspecified atom stereocenters. The first-order valence-corrected chi connectivity index (χ1v) is 9.64. The van der Waals surface area contributed by atoms with Crippen LogP contribution in [0.3, 0.4) is 0 Å². The number of benzene rings is 1. The molecule has 0 radical (unpaired) electrons. The topological polar surface area (TPSA) is 48.9 Å². The van der Waals surface area contributed by atoms with Crippen LogP contribution < -0.4 is 10.6 Å². The molecule has 0 bridgehead atoms. The van der Waals surface area contributed by atoms with Gasteiger partial charge in [0.1, 0.15) is 5.82 Å². The first-order chi connectivity index (χ1) is 12.2. The summed E-state index contributed by atoms with van der Waals surface area (Å²) in [6.07, 6.45) is 2.06. The van der Waals surface area contributed by atoms with Gasteiger partial charge in [-0.15, -0.1) is 35.7 Å². The maximum atomic E-state index is 12.8. The number of nitrogens with zero attached hydrogens (tertiary/aromatic N) is 2. The van der Waals surface area contributed by atoms with Gasteiger partial charge in [0, 0.05) is 51.8 Å². The number of nitrogens with one attached hydrogen (secondary N) is 2. The fourth-order valence-electron chi connectivity index (χ4n) is 2.18. The summed E-state index contributed by atoms with van der Waals surface area (Å²) in [7, 11) is 5.63. The van der Waals surface area contributed by atoms with E-state index in [2.05, 4.69) is 27.6 Å². The lowest BCUT2D eigenvalue weighted by Crippen LogP contribution is -2.41. The summed E-state index contributed by atoms with van der Waals surface area (Å²) in [5, 5.41) is 6.64. The zero-order chi connectivity index (χ0) is 18.3. The molecule has 0 aliphatic carbocycles. The number of thioether (sulfide) groups is 1. The highest BCUT2D eigenvalue weighted by Gasteiger charge is 2.01. The Morgan fingerprint density at radius 2 is 1.85 bits per heavy atom. The summed E-state index contributed by atoms with van der Waals surface area (Å²) in [6, 6.07) is 6.63. The number of hydrogen-bond acceptors (Lipinski definition) is 4. The molecule has 8 heteroatoms. The van der Waals surface area contributed by atoms with E-state index in [9.17, 15) is 4.39 Å². The van der Waals surface area contributed by atoms with Crippen LogP contribution in [0.2, 0.25) is 0 Å². The Morgan fingerprint density at radius 1 is 1.15 bits per heavy atom. The van der Waals surface area contributed by atoms with Gasteiger partial charge >= 0.3 is 0 Å². The number of rotatable bonds is 12. The Bertz CT molecular complexity index is 491. The quantitative estimate of drug-likeness (QED) is 0.153. The number of methoxy groups -OCH3 is 1. The van der Waals surface area contributed by atoms with Crippen molar-refractivity contribution in [2.45, 2.75) is 17.7 Å². The van der Waals surface area contributed by atoms with Crippen LogP contribution in [0.5, 0.6) is 0 Å². The summed E-state index contributed by atoms with van der Waals surface area (Å²) in [5.41, 5.74) is 0. The van der Waals surface area contributed by atoms with Gasteiger partial charge < -0.3 is 20.3 Å². The molecule has 0 saturated carbocycles. The number of hydrogen-bond donors (Lipinski definition) is 2. The van der Waals surface area contributed by atoms with Crippen molar-refractivity contribution in [2.75, 3.05) is 59.7 Å². The van der Waals surface area contributed by atoms with Crippen LogP contribution in [-0.2, 0) is 4.74 Å². The molecule has 0 fully saturated rings. The van der Waals surface area contributed by atoms with Gasteiger partial charge in [0.15, 0.2) is 5.96 Å². The molecule has 1 aromatic rings. The van der Waals surface area contributed by atoms with E-state index in [1.54, 1.807) is 25.9 Å². The molecule has 0 saturated heterocycles. The van der Waals surface area contributed by atoms with E-state index in [1.165, 1.54) is 12.1 Å². The van der Waals surface area contributed by atoms with E-state index in [4.69, 9.17) is 4.74 Å². The van der Waals surface area contributed by atoms with Crippen molar-refractivity contribution in [3.8, 4) is 0 Å². The summed E-state index contributed by atoms with van der Waals surface area (Å²) in [4.78, 5) is 7.61. The molecule has 0 aromatic heterocycles. The molecule has 0 spiro atoms. The predicted octanol–water partition coefficient (Wildman–Crippen LogP) is 3.06. The highest BCUT2D eigenvalue weighted by Crippen LogP contribution is 2.18.